The van der Waals surface area contributed by atoms with Crippen LogP contribution in [0.2, 0.25) is 10.0 Å². The van der Waals surface area contributed by atoms with E-state index in [1.54, 1.807) is 0 Å². The Balaban J connectivity index is 2.24. The summed E-state index contributed by atoms with van der Waals surface area (Å²) in [6.45, 7) is 0. The van der Waals surface area contributed by atoms with Crippen molar-refractivity contribution in [3.63, 3.8) is 0 Å². The second-order valence-corrected chi connectivity index (χ2v) is 7.48. The lowest BCUT2D eigenvalue weighted by Gasteiger charge is -2.06. The molecule has 0 aliphatic rings. The zero-order chi connectivity index (χ0) is 17.2. The number of amides is 1. The second kappa shape index (κ2) is 6.83. The topological polar surface area (TPSA) is 102 Å². The van der Waals surface area contributed by atoms with Crippen molar-refractivity contribution in [1.29, 1.82) is 0 Å². The summed E-state index contributed by atoms with van der Waals surface area (Å²) in [5, 5.41) is 1.38. The molecule has 0 atom stereocenters. The Morgan fingerprint density at radius 2 is 1.83 bits per heavy atom. The number of carbonyl (C=O) groups excluding carboxylic acids is 2. The fraction of sp³-hybridized carbons (Fsp3) is 0.0833. The second-order valence-electron chi connectivity index (χ2n) is 4.07. The van der Waals surface area contributed by atoms with Gasteiger partial charge in [-0.3, -0.25) is 4.79 Å². The van der Waals surface area contributed by atoms with Crippen LogP contribution in [0, 0.1) is 0 Å². The summed E-state index contributed by atoms with van der Waals surface area (Å²) < 4.78 is 30.6. The molecular formula is C12H8Cl2N2O5S2. The van der Waals surface area contributed by atoms with Crippen LogP contribution in [0.1, 0.15) is 20.3 Å². The average molecular weight is 395 g/mol. The number of benzene rings is 1. The van der Waals surface area contributed by atoms with Crippen molar-refractivity contribution in [1.82, 2.24) is 9.71 Å². The number of nitrogens with zero attached hydrogens (tertiary/aromatic N) is 1. The van der Waals surface area contributed by atoms with E-state index in [1.165, 1.54) is 11.4 Å². The molecule has 1 aromatic carbocycles. The minimum Gasteiger partial charge on any atom is -0.464 e. The standard InChI is InChI=1S/C12H8Cl2N2O5S2/c1-21-12(18)11-15-9(5-22-11)10(17)16-23(19,20)8-3-6(13)2-7(14)4-8/h2-5H,1H3,(H,16,17). The number of thiazole rings is 1. The number of methoxy groups -OCH3 is 1. The van der Waals surface area contributed by atoms with Crippen LogP contribution in [0.4, 0.5) is 0 Å². The van der Waals surface area contributed by atoms with Gasteiger partial charge in [0.05, 0.1) is 12.0 Å². The number of hydrogen-bond donors (Lipinski definition) is 1. The predicted molar refractivity (Wildman–Crippen MR) is 84.6 cm³/mol. The highest BCUT2D eigenvalue weighted by Gasteiger charge is 2.22. The van der Waals surface area contributed by atoms with E-state index >= 15 is 0 Å². The molecule has 11 heteroatoms. The molecule has 0 fully saturated rings. The van der Waals surface area contributed by atoms with Crippen molar-refractivity contribution in [2.75, 3.05) is 7.11 Å². The average Bonchev–Trinajstić information content (AvgIpc) is 2.95. The van der Waals surface area contributed by atoms with Crippen molar-refractivity contribution in [3.8, 4) is 0 Å². The summed E-state index contributed by atoms with van der Waals surface area (Å²) in [5.41, 5.74) is -0.230. The molecule has 2 aromatic rings. The zero-order valence-electron chi connectivity index (χ0n) is 11.4. The highest BCUT2D eigenvalue weighted by Crippen LogP contribution is 2.22. The maximum absolute atomic E-state index is 12.2. The van der Waals surface area contributed by atoms with Gasteiger partial charge < -0.3 is 4.74 Å². The predicted octanol–water partition coefficient (Wildman–Crippen LogP) is 2.36. The summed E-state index contributed by atoms with van der Waals surface area (Å²) in [4.78, 5) is 26.7. The lowest BCUT2D eigenvalue weighted by atomic mass is 10.4. The number of esters is 1. The molecule has 0 aliphatic carbocycles. The van der Waals surface area contributed by atoms with Gasteiger partial charge in [-0.25, -0.2) is 22.9 Å². The first-order valence-corrected chi connectivity index (χ1v) is 8.92. The van der Waals surface area contributed by atoms with E-state index in [-0.39, 0.29) is 25.6 Å². The summed E-state index contributed by atoms with van der Waals surface area (Å²) in [6, 6.07) is 3.64. The van der Waals surface area contributed by atoms with Gasteiger partial charge >= 0.3 is 5.97 Å². The molecule has 1 N–H and O–H groups in total. The maximum atomic E-state index is 12.2. The third kappa shape index (κ3) is 4.20. The van der Waals surface area contributed by atoms with Crippen LogP contribution in [-0.4, -0.2) is 32.4 Å². The fourth-order valence-corrected chi connectivity index (χ4v) is 3.88. The van der Waals surface area contributed by atoms with Crippen LogP contribution < -0.4 is 4.72 Å². The normalized spacial score (nSPS) is 11.1. The highest BCUT2D eigenvalue weighted by atomic mass is 35.5. The van der Waals surface area contributed by atoms with Gasteiger partial charge in [0.2, 0.25) is 5.01 Å². The maximum Gasteiger partial charge on any atom is 0.367 e. The van der Waals surface area contributed by atoms with Crippen molar-refractivity contribution >= 4 is 56.4 Å². The van der Waals surface area contributed by atoms with Crippen molar-refractivity contribution in [2.45, 2.75) is 4.90 Å². The summed E-state index contributed by atoms with van der Waals surface area (Å²) in [7, 11) is -3.03. The van der Waals surface area contributed by atoms with Gasteiger partial charge in [-0.15, -0.1) is 11.3 Å². The number of ether oxygens (including phenoxy) is 1. The van der Waals surface area contributed by atoms with E-state index in [0.717, 1.165) is 30.6 Å². The van der Waals surface area contributed by atoms with Crippen LogP contribution in [0.3, 0.4) is 0 Å². The van der Waals surface area contributed by atoms with E-state index in [1.807, 2.05) is 4.72 Å². The van der Waals surface area contributed by atoms with Gasteiger partial charge in [0, 0.05) is 15.4 Å². The third-order valence-corrected chi connectivity index (χ3v) is 5.04. The number of sulfonamides is 1. The van der Waals surface area contributed by atoms with Crippen LogP contribution >= 0.6 is 34.5 Å². The first-order chi connectivity index (χ1) is 10.7. The molecule has 0 saturated carbocycles. The summed E-state index contributed by atoms with van der Waals surface area (Å²) in [5.74, 6) is -1.72. The van der Waals surface area contributed by atoms with Crippen LogP contribution in [0.15, 0.2) is 28.5 Å². The molecule has 0 aliphatic heterocycles. The monoisotopic (exact) mass is 394 g/mol. The van der Waals surface area contributed by atoms with Crippen molar-refractivity contribution in [2.24, 2.45) is 0 Å². The summed E-state index contributed by atoms with van der Waals surface area (Å²) in [6.07, 6.45) is 0. The first-order valence-electron chi connectivity index (χ1n) is 5.80. The highest BCUT2D eigenvalue weighted by molar-refractivity contribution is 7.90. The number of carbonyl (C=O) groups is 2. The van der Waals surface area contributed by atoms with Gasteiger partial charge in [0.15, 0.2) is 0 Å². The van der Waals surface area contributed by atoms with Gasteiger partial charge in [0.1, 0.15) is 5.69 Å². The Hall–Kier alpha value is -1.68. The minimum atomic E-state index is -4.19. The molecule has 23 heavy (non-hydrogen) atoms. The molecule has 1 amide bonds. The molecule has 7 nitrogen and oxygen atoms in total. The van der Waals surface area contributed by atoms with Crippen molar-refractivity contribution < 1.29 is 22.7 Å². The van der Waals surface area contributed by atoms with Gasteiger partial charge in [-0.2, -0.15) is 0 Å². The summed E-state index contributed by atoms with van der Waals surface area (Å²) >= 11 is 12.3. The number of hydrogen-bond acceptors (Lipinski definition) is 7. The fourth-order valence-electron chi connectivity index (χ4n) is 1.48. The molecule has 122 valence electrons. The smallest absolute Gasteiger partial charge is 0.367 e. The van der Waals surface area contributed by atoms with E-state index in [9.17, 15) is 18.0 Å². The number of nitrogens with one attached hydrogen (secondary N) is 1. The molecule has 0 unspecified atom stereocenters. The minimum absolute atomic E-state index is 0.0687. The first kappa shape index (κ1) is 17.7. The molecule has 0 radical (unpaired) electrons. The molecular weight excluding hydrogens is 387 g/mol. The van der Waals surface area contributed by atoms with E-state index in [2.05, 4.69) is 9.72 Å². The molecule has 0 bridgehead atoms. The lowest BCUT2D eigenvalue weighted by Crippen LogP contribution is -2.30. The van der Waals surface area contributed by atoms with Gasteiger partial charge in [0.25, 0.3) is 15.9 Å². The lowest BCUT2D eigenvalue weighted by molar-refractivity contribution is 0.0600. The molecule has 0 spiro atoms. The largest absolute Gasteiger partial charge is 0.464 e. The molecule has 2 rings (SSSR count). The van der Waals surface area contributed by atoms with Crippen LogP contribution in [0.25, 0.3) is 0 Å². The van der Waals surface area contributed by atoms with E-state index in [4.69, 9.17) is 23.2 Å². The molecule has 1 heterocycles. The number of aromatic nitrogens is 1. The van der Waals surface area contributed by atoms with Crippen LogP contribution in [-0.2, 0) is 14.8 Å². The quantitative estimate of drug-likeness (QED) is 0.798. The Morgan fingerprint density at radius 3 is 2.39 bits per heavy atom. The van der Waals surface area contributed by atoms with E-state index < -0.39 is 21.9 Å². The number of halogens is 2. The molecule has 0 saturated heterocycles. The Morgan fingerprint density at radius 1 is 1.22 bits per heavy atom. The third-order valence-electron chi connectivity index (χ3n) is 2.47. The van der Waals surface area contributed by atoms with Crippen molar-refractivity contribution in [3.05, 3.63) is 44.3 Å². The Labute approximate surface area is 145 Å². The zero-order valence-corrected chi connectivity index (χ0v) is 14.5. The van der Waals surface area contributed by atoms with Crippen LogP contribution in [0.5, 0.6) is 0 Å². The molecule has 1 aromatic heterocycles. The Kier molecular flexibility index (Phi) is 5.25. The number of rotatable bonds is 4. The van der Waals surface area contributed by atoms with Gasteiger partial charge in [-0.1, -0.05) is 23.2 Å². The SMILES string of the molecule is COC(=O)c1nc(C(=O)NS(=O)(=O)c2cc(Cl)cc(Cl)c2)cs1. The Bertz CT molecular complexity index is 859. The van der Waals surface area contributed by atoms with Gasteiger partial charge in [-0.05, 0) is 18.2 Å². The van der Waals surface area contributed by atoms with E-state index in [0.29, 0.717) is 0 Å².